The summed E-state index contributed by atoms with van der Waals surface area (Å²) in [6, 6.07) is 16.7. The third-order valence-electron chi connectivity index (χ3n) is 4.39. The van der Waals surface area contributed by atoms with Crippen LogP contribution in [0.15, 0.2) is 54.6 Å². The van der Waals surface area contributed by atoms with Gasteiger partial charge < -0.3 is 10.2 Å². The summed E-state index contributed by atoms with van der Waals surface area (Å²) in [5.41, 5.74) is 1.61. The molecule has 0 spiro atoms. The number of halogens is 1. The standard InChI is InChI=1S/C23H29ClN2O2/c1-17(22(28)25-23(2,3)4)26(14-13-18-9-6-5-7-10-18)21(27)16-19-11-8-12-20(24)15-19/h5-12,15,17H,13-14,16H2,1-4H3,(H,25,28). The van der Waals surface area contributed by atoms with Gasteiger partial charge in [-0.05, 0) is 57.4 Å². The molecule has 0 saturated heterocycles. The lowest BCUT2D eigenvalue weighted by molar-refractivity contribution is -0.140. The Hall–Kier alpha value is -2.33. The van der Waals surface area contributed by atoms with E-state index >= 15 is 0 Å². The molecule has 1 atom stereocenters. The highest BCUT2D eigenvalue weighted by atomic mass is 35.5. The van der Waals surface area contributed by atoms with Crippen molar-refractivity contribution in [2.45, 2.75) is 52.1 Å². The highest BCUT2D eigenvalue weighted by molar-refractivity contribution is 6.30. The SMILES string of the molecule is CC(C(=O)NC(C)(C)C)N(CCc1ccccc1)C(=O)Cc1cccc(Cl)c1. The monoisotopic (exact) mass is 400 g/mol. The average Bonchev–Trinajstić information content (AvgIpc) is 2.61. The van der Waals surface area contributed by atoms with Crippen molar-refractivity contribution in [3.05, 3.63) is 70.7 Å². The highest BCUT2D eigenvalue weighted by Crippen LogP contribution is 2.14. The molecule has 0 bridgehead atoms. The van der Waals surface area contributed by atoms with Crippen LogP contribution in [0.4, 0.5) is 0 Å². The molecule has 0 aromatic heterocycles. The van der Waals surface area contributed by atoms with Gasteiger partial charge in [0, 0.05) is 17.1 Å². The molecule has 2 aromatic carbocycles. The molecular formula is C23H29ClN2O2. The Labute approximate surface area is 172 Å². The number of hydrogen-bond donors (Lipinski definition) is 1. The van der Waals surface area contributed by atoms with Crippen LogP contribution in [0.3, 0.4) is 0 Å². The van der Waals surface area contributed by atoms with Gasteiger partial charge in [-0.25, -0.2) is 0 Å². The lowest BCUT2D eigenvalue weighted by Gasteiger charge is -2.31. The molecule has 0 heterocycles. The fraction of sp³-hybridized carbons (Fsp3) is 0.391. The van der Waals surface area contributed by atoms with Gasteiger partial charge in [0.05, 0.1) is 6.42 Å². The average molecular weight is 401 g/mol. The van der Waals surface area contributed by atoms with E-state index in [9.17, 15) is 9.59 Å². The minimum atomic E-state index is -0.561. The largest absolute Gasteiger partial charge is 0.350 e. The molecule has 0 aliphatic carbocycles. The smallest absolute Gasteiger partial charge is 0.242 e. The summed E-state index contributed by atoms with van der Waals surface area (Å²) >= 11 is 6.05. The van der Waals surface area contributed by atoms with Crippen LogP contribution in [0.1, 0.15) is 38.8 Å². The molecule has 150 valence electrons. The van der Waals surface area contributed by atoms with Crippen LogP contribution >= 0.6 is 11.6 Å². The molecule has 28 heavy (non-hydrogen) atoms. The zero-order valence-electron chi connectivity index (χ0n) is 17.0. The maximum absolute atomic E-state index is 13.1. The van der Waals surface area contributed by atoms with Crippen molar-refractivity contribution in [2.24, 2.45) is 0 Å². The molecule has 2 aromatic rings. The second kappa shape index (κ2) is 9.74. The van der Waals surface area contributed by atoms with Crippen LogP contribution in [0.2, 0.25) is 5.02 Å². The van der Waals surface area contributed by atoms with E-state index in [1.807, 2.05) is 63.2 Å². The molecule has 0 aliphatic heterocycles. The first kappa shape index (κ1) is 22.0. The third kappa shape index (κ3) is 7.01. The van der Waals surface area contributed by atoms with Crippen molar-refractivity contribution in [1.29, 1.82) is 0 Å². The van der Waals surface area contributed by atoms with E-state index < -0.39 is 6.04 Å². The number of carbonyl (C=O) groups is 2. The van der Waals surface area contributed by atoms with Crippen LogP contribution in [-0.4, -0.2) is 34.8 Å². The number of benzene rings is 2. The predicted molar refractivity (Wildman–Crippen MR) is 114 cm³/mol. The summed E-state index contributed by atoms with van der Waals surface area (Å²) in [6.07, 6.45) is 0.901. The van der Waals surface area contributed by atoms with Crippen molar-refractivity contribution in [1.82, 2.24) is 10.2 Å². The highest BCUT2D eigenvalue weighted by Gasteiger charge is 2.28. The number of hydrogen-bond acceptors (Lipinski definition) is 2. The van der Waals surface area contributed by atoms with E-state index in [1.54, 1.807) is 24.0 Å². The Morgan fingerprint density at radius 1 is 1.04 bits per heavy atom. The van der Waals surface area contributed by atoms with Gasteiger partial charge in [-0.3, -0.25) is 9.59 Å². The third-order valence-corrected chi connectivity index (χ3v) is 4.63. The van der Waals surface area contributed by atoms with Gasteiger partial charge >= 0.3 is 0 Å². The van der Waals surface area contributed by atoms with Gasteiger partial charge in [0.2, 0.25) is 11.8 Å². The molecule has 0 saturated carbocycles. The summed E-state index contributed by atoms with van der Waals surface area (Å²) in [5.74, 6) is -0.241. The number of nitrogens with one attached hydrogen (secondary N) is 1. The first-order valence-corrected chi connectivity index (χ1v) is 9.93. The van der Waals surface area contributed by atoms with Crippen LogP contribution in [0.5, 0.6) is 0 Å². The Bertz CT molecular complexity index is 800. The second-order valence-corrected chi connectivity index (χ2v) is 8.48. The van der Waals surface area contributed by atoms with E-state index in [0.29, 0.717) is 18.0 Å². The molecule has 4 nitrogen and oxygen atoms in total. The lowest BCUT2D eigenvalue weighted by Crippen LogP contribution is -2.53. The number of nitrogens with zero attached hydrogens (tertiary/aromatic N) is 1. The van der Waals surface area contributed by atoms with Crippen LogP contribution in [0.25, 0.3) is 0 Å². The molecule has 2 rings (SSSR count). The van der Waals surface area contributed by atoms with E-state index in [1.165, 1.54) is 0 Å². The molecule has 2 amide bonds. The summed E-state index contributed by atoms with van der Waals surface area (Å²) in [6.45, 7) is 8.04. The predicted octanol–water partition coefficient (Wildman–Crippen LogP) is 4.26. The van der Waals surface area contributed by atoms with Crippen molar-refractivity contribution >= 4 is 23.4 Å². The fourth-order valence-electron chi connectivity index (χ4n) is 2.97. The second-order valence-electron chi connectivity index (χ2n) is 8.04. The summed E-state index contributed by atoms with van der Waals surface area (Å²) in [5, 5.41) is 3.57. The van der Waals surface area contributed by atoms with Crippen LogP contribution in [0, 0.1) is 0 Å². The molecule has 0 aliphatic rings. The number of carbonyl (C=O) groups excluding carboxylic acids is 2. The summed E-state index contributed by atoms with van der Waals surface area (Å²) in [7, 11) is 0. The Morgan fingerprint density at radius 3 is 2.29 bits per heavy atom. The van der Waals surface area contributed by atoms with Gasteiger partial charge in [0.25, 0.3) is 0 Å². The molecule has 0 radical (unpaired) electrons. The summed E-state index contributed by atoms with van der Waals surface area (Å²) in [4.78, 5) is 27.4. The quantitative estimate of drug-likeness (QED) is 0.755. The molecular weight excluding hydrogens is 372 g/mol. The van der Waals surface area contributed by atoms with Crippen LogP contribution < -0.4 is 5.32 Å². The Morgan fingerprint density at radius 2 is 1.68 bits per heavy atom. The van der Waals surface area contributed by atoms with E-state index in [4.69, 9.17) is 11.6 Å². The molecule has 5 heteroatoms. The number of rotatable bonds is 7. The minimum absolute atomic E-state index is 0.0882. The van der Waals surface area contributed by atoms with Gasteiger partial charge in [-0.1, -0.05) is 54.1 Å². The zero-order chi connectivity index (χ0) is 20.7. The first-order valence-electron chi connectivity index (χ1n) is 9.55. The normalized spacial score (nSPS) is 12.3. The lowest BCUT2D eigenvalue weighted by atomic mass is 10.1. The molecule has 1 unspecified atom stereocenters. The first-order chi connectivity index (χ1) is 13.2. The Kier molecular flexibility index (Phi) is 7.64. The summed E-state index contributed by atoms with van der Waals surface area (Å²) < 4.78 is 0. The van der Waals surface area contributed by atoms with Gasteiger partial charge in [-0.15, -0.1) is 0 Å². The van der Waals surface area contributed by atoms with Gasteiger partial charge in [0.15, 0.2) is 0 Å². The van der Waals surface area contributed by atoms with Crippen molar-refractivity contribution in [3.8, 4) is 0 Å². The zero-order valence-corrected chi connectivity index (χ0v) is 17.8. The minimum Gasteiger partial charge on any atom is -0.350 e. The molecule has 0 fully saturated rings. The Balaban J connectivity index is 2.16. The van der Waals surface area contributed by atoms with E-state index in [2.05, 4.69) is 5.32 Å². The van der Waals surface area contributed by atoms with Crippen LogP contribution in [-0.2, 0) is 22.4 Å². The van der Waals surface area contributed by atoms with Crippen molar-refractivity contribution < 1.29 is 9.59 Å². The van der Waals surface area contributed by atoms with E-state index in [-0.39, 0.29) is 23.8 Å². The maximum atomic E-state index is 13.1. The van der Waals surface area contributed by atoms with Crippen molar-refractivity contribution in [3.63, 3.8) is 0 Å². The molecule has 1 N–H and O–H groups in total. The fourth-order valence-corrected chi connectivity index (χ4v) is 3.18. The van der Waals surface area contributed by atoms with Crippen molar-refractivity contribution in [2.75, 3.05) is 6.54 Å². The van der Waals surface area contributed by atoms with Gasteiger partial charge in [0.1, 0.15) is 6.04 Å². The number of amides is 2. The topological polar surface area (TPSA) is 49.4 Å². The maximum Gasteiger partial charge on any atom is 0.242 e. The van der Waals surface area contributed by atoms with Gasteiger partial charge in [-0.2, -0.15) is 0 Å². The van der Waals surface area contributed by atoms with E-state index in [0.717, 1.165) is 11.1 Å².